The second-order valence-electron chi connectivity index (χ2n) is 4.22. The minimum absolute atomic E-state index is 0. The first-order chi connectivity index (χ1) is 8.36. The molecule has 18 heavy (non-hydrogen) atoms. The summed E-state index contributed by atoms with van der Waals surface area (Å²) < 4.78 is 0. The molecule has 4 nitrogen and oxygen atoms in total. The van der Waals surface area contributed by atoms with Crippen molar-refractivity contribution >= 4 is 25.1 Å². The van der Waals surface area contributed by atoms with Crippen LogP contribution in [-0.2, 0) is 0 Å². The van der Waals surface area contributed by atoms with Crippen LogP contribution in [0.3, 0.4) is 0 Å². The van der Waals surface area contributed by atoms with Gasteiger partial charge in [-0.1, -0.05) is 12.1 Å². The van der Waals surface area contributed by atoms with Crippen LogP contribution in [0.4, 0.5) is 5.69 Å². The summed E-state index contributed by atoms with van der Waals surface area (Å²) in [5.74, 6) is 0.193. The van der Waals surface area contributed by atoms with Crippen LogP contribution >= 0.6 is 13.5 Å². The number of nitrogens with zero attached hydrogens (tertiary/aromatic N) is 1. The number of rotatable bonds is 0. The summed E-state index contributed by atoms with van der Waals surface area (Å²) >= 11 is 0. The predicted molar refractivity (Wildman–Crippen MR) is 79.6 cm³/mol. The molecule has 1 saturated heterocycles. The van der Waals surface area contributed by atoms with Crippen molar-refractivity contribution < 1.29 is 11.3 Å². The molecule has 0 unspecified atom stereocenters. The van der Waals surface area contributed by atoms with Gasteiger partial charge in [-0.2, -0.15) is 13.5 Å². The molecule has 1 aromatic carbocycles. The van der Waals surface area contributed by atoms with Crippen molar-refractivity contribution in [1.29, 1.82) is 0 Å². The summed E-state index contributed by atoms with van der Waals surface area (Å²) in [5.41, 5.74) is 1.80. The second-order valence-corrected chi connectivity index (χ2v) is 4.22. The number of fused-ring (bicyclic) bond motifs is 2. The first kappa shape index (κ1) is 14.9. The minimum atomic E-state index is 0. The van der Waals surface area contributed by atoms with Crippen LogP contribution in [0.1, 0.15) is 24.6 Å². The lowest BCUT2D eigenvalue weighted by Gasteiger charge is -2.21. The first-order valence-corrected chi connectivity index (χ1v) is 5.95. The average molecular weight is 270 g/mol. The minimum Gasteiger partial charge on any atom is -0.400 e. The molecule has 0 saturated carbocycles. The van der Waals surface area contributed by atoms with Crippen LogP contribution in [0.5, 0.6) is 0 Å². The van der Waals surface area contributed by atoms with E-state index >= 15 is 0 Å². The molecule has 0 radical (unpaired) electrons. The Balaban J connectivity index is 0.000000776. The molecule has 1 fully saturated rings. The molecule has 0 bridgehead atoms. The quantitative estimate of drug-likeness (QED) is 0.754. The number of aliphatic hydroxyl groups is 1. The zero-order valence-corrected chi connectivity index (χ0v) is 11.5. The Morgan fingerprint density at radius 3 is 2.89 bits per heavy atom. The van der Waals surface area contributed by atoms with Crippen molar-refractivity contribution in [2.75, 3.05) is 25.5 Å². The SMILES string of the molecule is CO.O=C1c2ccccc2NC[C@@H]2CCCN12.S.[HH]. The van der Waals surface area contributed by atoms with E-state index in [1.165, 1.54) is 0 Å². The number of amides is 1. The fraction of sp³-hybridized carbons (Fsp3) is 0.462. The maximum Gasteiger partial charge on any atom is 0.256 e. The number of hydrogen-bond donors (Lipinski definition) is 2. The van der Waals surface area contributed by atoms with Crippen LogP contribution in [0.25, 0.3) is 0 Å². The molecular weight excluding hydrogens is 248 g/mol. The van der Waals surface area contributed by atoms with Gasteiger partial charge in [0.2, 0.25) is 0 Å². The van der Waals surface area contributed by atoms with Gasteiger partial charge in [-0.15, -0.1) is 0 Å². The standard InChI is InChI=1S/C12H14N2O.CH4O.H2S.H2/c15-12-10-5-1-2-6-11(10)13-8-9-4-3-7-14(9)12;1-2;;/h1-2,5-6,9,13H,3-4,7-8H2;2H,1H3;1H2;1H/t9-;;;/m0.../s1. The van der Waals surface area contributed by atoms with Gasteiger partial charge >= 0.3 is 0 Å². The van der Waals surface area contributed by atoms with E-state index in [-0.39, 0.29) is 20.8 Å². The molecule has 1 atom stereocenters. The maximum atomic E-state index is 12.2. The van der Waals surface area contributed by atoms with E-state index in [1.54, 1.807) is 0 Å². The summed E-state index contributed by atoms with van der Waals surface area (Å²) in [7, 11) is 1.00. The summed E-state index contributed by atoms with van der Waals surface area (Å²) in [5, 5.41) is 10.4. The zero-order chi connectivity index (χ0) is 12.3. The van der Waals surface area contributed by atoms with Crippen molar-refractivity contribution in [3.05, 3.63) is 29.8 Å². The van der Waals surface area contributed by atoms with Gasteiger partial charge in [0.05, 0.1) is 5.56 Å². The van der Waals surface area contributed by atoms with Gasteiger partial charge < -0.3 is 15.3 Å². The Labute approximate surface area is 116 Å². The molecule has 3 rings (SSSR count). The number of nitrogens with one attached hydrogen (secondary N) is 1. The lowest BCUT2D eigenvalue weighted by molar-refractivity contribution is 0.0750. The topological polar surface area (TPSA) is 52.6 Å². The monoisotopic (exact) mass is 270 g/mol. The summed E-state index contributed by atoms with van der Waals surface area (Å²) in [6, 6.07) is 8.18. The molecule has 1 aromatic rings. The number of aliphatic hydroxyl groups excluding tert-OH is 1. The molecule has 0 aromatic heterocycles. The molecule has 0 aliphatic carbocycles. The molecule has 0 spiro atoms. The van der Waals surface area contributed by atoms with Gasteiger partial charge in [0.1, 0.15) is 0 Å². The molecular formula is C13H22N2O2S. The van der Waals surface area contributed by atoms with E-state index in [4.69, 9.17) is 5.11 Å². The van der Waals surface area contributed by atoms with E-state index in [1.807, 2.05) is 29.2 Å². The zero-order valence-electron chi connectivity index (χ0n) is 10.5. The highest BCUT2D eigenvalue weighted by Crippen LogP contribution is 2.27. The Hall–Kier alpha value is -1.20. The number of anilines is 1. The highest BCUT2D eigenvalue weighted by atomic mass is 32.1. The number of carbonyl (C=O) groups is 1. The molecule has 102 valence electrons. The predicted octanol–water partition coefficient (Wildman–Crippen LogP) is 1.68. The number of hydrogen-bond acceptors (Lipinski definition) is 3. The average Bonchev–Trinajstić information content (AvgIpc) is 2.82. The van der Waals surface area contributed by atoms with Gasteiger partial charge in [-0.25, -0.2) is 0 Å². The Kier molecular flexibility index (Phi) is 5.50. The van der Waals surface area contributed by atoms with Crippen LogP contribution in [0.2, 0.25) is 0 Å². The van der Waals surface area contributed by atoms with Crippen molar-refractivity contribution in [3.63, 3.8) is 0 Å². The van der Waals surface area contributed by atoms with Crippen LogP contribution in [0, 0.1) is 0 Å². The first-order valence-electron chi connectivity index (χ1n) is 5.95. The molecule has 2 N–H and O–H groups in total. The number of carbonyl (C=O) groups excluding carboxylic acids is 1. The van der Waals surface area contributed by atoms with E-state index < -0.39 is 0 Å². The second kappa shape index (κ2) is 6.66. The Morgan fingerprint density at radius 1 is 1.39 bits per heavy atom. The molecule has 5 heteroatoms. The van der Waals surface area contributed by atoms with Crippen LogP contribution in [0.15, 0.2) is 24.3 Å². The summed E-state index contributed by atoms with van der Waals surface area (Å²) in [6.45, 7) is 1.81. The maximum absolute atomic E-state index is 12.2. The fourth-order valence-corrected chi connectivity index (χ4v) is 2.52. The fourth-order valence-electron chi connectivity index (χ4n) is 2.52. The summed E-state index contributed by atoms with van der Waals surface area (Å²) in [6.07, 6.45) is 2.27. The normalized spacial score (nSPS) is 20.4. The van der Waals surface area contributed by atoms with Crippen molar-refractivity contribution in [2.24, 2.45) is 0 Å². The molecule has 2 aliphatic heterocycles. The van der Waals surface area contributed by atoms with Gasteiger partial charge in [0.15, 0.2) is 0 Å². The smallest absolute Gasteiger partial charge is 0.256 e. The van der Waals surface area contributed by atoms with Crippen LogP contribution < -0.4 is 5.32 Å². The Bertz CT molecular complexity index is 417. The van der Waals surface area contributed by atoms with Gasteiger partial charge in [-0.05, 0) is 25.0 Å². The van der Waals surface area contributed by atoms with Crippen molar-refractivity contribution in [1.82, 2.24) is 4.90 Å². The highest BCUT2D eigenvalue weighted by molar-refractivity contribution is 7.59. The van der Waals surface area contributed by atoms with Crippen molar-refractivity contribution in [3.8, 4) is 0 Å². The largest absolute Gasteiger partial charge is 0.400 e. The lowest BCUT2D eigenvalue weighted by atomic mass is 10.1. The van der Waals surface area contributed by atoms with E-state index in [2.05, 4.69) is 5.32 Å². The van der Waals surface area contributed by atoms with Gasteiger partial charge in [-0.3, -0.25) is 4.79 Å². The third-order valence-corrected chi connectivity index (χ3v) is 3.32. The highest BCUT2D eigenvalue weighted by Gasteiger charge is 2.32. The van der Waals surface area contributed by atoms with Crippen LogP contribution in [-0.4, -0.2) is 42.2 Å². The lowest BCUT2D eigenvalue weighted by Crippen LogP contribution is -2.36. The third-order valence-electron chi connectivity index (χ3n) is 3.32. The van der Waals surface area contributed by atoms with Gasteiger partial charge in [0, 0.05) is 33.4 Å². The Morgan fingerprint density at radius 2 is 2.11 bits per heavy atom. The van der Waals surface area contributed by atoms with E-state index in [0.29, 0.717) is 6.04 Å². The molecule has 1 amide bonds. The van der Waals surface area contributed by atoms with Gasteiger partial charge in [0.25, 0.3) is 5.91 Å². The van der Waals surface area contributed by atoms with E-state index in [9.17, 15) is 4.79 Å². The number of para-hydroxylation sites is 1. The summed E-state index contributed by atoms with van der Waals surface area (Å²) in [4.78, 5) is 14.2. The van der Waals surface area contributed by atoms with E-state index in [0.717, 1.165) is 44.3 Å². The molecule has 2 heterocycles. The third kappa shape index (κ3) is 2.62. The van der Waals surface area contributed by atoms with Crippen molar-refractivity contribution in [2.45, 2.75) is 18.9 Å². The number of benzene rings is 1. The molecule has 2 aliphatic rings.